The molecule has 0 bridgehead atoms. The molecule has 0 aromatic heterocycles. The minimum absolute atomic E-state index is 0.0952. The predicted molar refractivity (Wildman–Crippen MR) is 47.2 cm³/mol. The summed E-state index contributed by atoms with van der Waals surface area (Å²) >= 11 is 0. The van der Waals surface area contributed by atoms with E-state index in [1.165, 1.54) is 0 Å². The van der Waals surface area contributed by atoms with Gasteiger partial charge in [0.15, 0.2) is 0 Å². The van der Waals surface area contributed by atoms with Crippen molar-refractivity contribution in [3.8, 4) is 0 Å². The number of amides is 1. The number of rotatable bonds is 3. The van der Waals surface area contributed by atoms with E-state index in [0.29, 0.717) is 25.3 Å². The number of hydrogen-bond donors (Lipinski definition) is 2. The molecule has 0 spiro atoms. The molecule has 74 valence electrons. The van der Waals surface area contributed by atoms with Crippen LogP contribution in [0.25, 0.3) is 0 Å². The number of carboxylic acids is 1. The molecule has 1 fully saturated rings. The van der Waals surface area contributed by atoms with Crippen molar-refractivity contribution in [1.82, 2.24) is 5.32 Å². The van der Waals surface area contributed by atoms with Crippen molar-refractivity contribution in [3.63, 3.8) is 0 Å². The van der Waals surface area contributed by atoms with Gasteiger partial charge in [0.1, 0.15) is 0 Å². The Balaban J connectivity index is 2.25. The predicted octanol–water partition coefficient (Wildman–Crippen LogP) is 0.767. The lowest BCUT2D eigenvalue weighted by atomic mass is 9.95. The second-order valence-electron chi connectivity index (χ2n) is 3.48. The Bertz CT molecular complexity index is 203. The summed E-state index contributed by atoms with van der Waals surface area (Å²) < 4.78 is 0. The van der Waals surface area contributed by atoms with E-state index in [2.05, 4.69) is 5.32 Å². The maximum Gasteiger partial charge on any atom is 0.303 e. The van der Waals surface area contributed by atoms with Crippen LogP contribution in [0.4, 0.5) is 0 Å². The lowest BCUT2D eigenvalue weighted by Crippen LogP contribution is -2.21. The SMILES string of the molecule is O=C(O)CC[C@@H]1CCNC(=O)CC1. The molecule has 4 heteroatoms. The highest BCUT2D eigenvalue weighted by Gasteiger charge is 2.16. The monoisotopic (exact) mass is 185 g/mol. The van der Waals surface area contributed by atoms with Gasteiger partial charge in [-0.2, -0.15) is 0 Å². The van der Waals surface area contributed by atoms with Gasteiger partial charge in [0.25, 0.3) is 0 Å². The van der Waals surface area contributed by atoms with Crippen molar-refractivity contribution in [2.24, 2.45) is 5.92 Å². The number of carbonyl (C=O) groups excluding carboxylic acids is 1. The van der Waals surface area contributed by atoms with Gasteiger partial charge in [-0.3, -0.25) is 9.59 Å². The zero-order chi connectivity index (χ0) is 9.68. The van der Waals surface area contributed by atoms with Crippen molar-refractivity contribution in [2.45, 2.75) is 32.1 Å². The fraction of sp³-hybridized carbons (Fsp3) is 0.778. The van der Waals surface area contributed by atoms with E-state index in [0.717, 1.165) is 12.8 Å². The van der Waals surface area contributed by atoms with E-state index in [9.17, 15) is 9.59 Å². The standard InChI is InChI=1S/C9H15NO3/c11-8-3-1-7(5-6-10-8)2-4-9(12)13/h7H,1-6H2,(H,10,11)(H,12,13)/t7-/m1/s1. The lowest BCUT2D eigenvalue weighted by Gasteiger charge is -2.10. The van der Waals surface area contributed by atoms with Gasteiger partial charge < -0.3 is 10.4 Å². The van der Waals surface area contributed by atoms with Crippen LogP contribution in [0.2, 0.25) is 0 Å². The summed E-state index contributed by atoms with van der Waals surface area (Å²) in [5.41, 5.74) is 0. The molecule has 4 nitrogen and oxygen atoms in total. The Morgan fingerprint density at radius 1 is 1.54 bits per heavy atom. The smallest absolute Gasteiger partial charge is 0.303 e. The third kappa shape index (κ3) is 3.92. The highest BCUT2D eigenvalue weighted by molar-refractivity contribution is 5.76. The van der Waals surface area contributed by atoms with E-state index in [1.54, 1.807) is 0 Å². The topological polar surface area (TPSA) is 66.4 Å². The van der Waals surface area contributed by atoms with Gasteiger partial charge in [-0.05, 0) is 25.2 Å². The third-order valence-corrected chi connectivity index (χ3v) is 2.42. The van der Waals surface area contributed by atoms with Crippen LogP contribution < -0.4 is 5.32 Å². The van der Waals surface area contributed by atoms with Gasteiger partial charge in [0.05, 0.1) is 0 Å². The Morgan fingerprint density at radius 2 is 2.31 bits per heavy atom. The van der Waals surface area contributed by atoms with Crippen molar-refractivity contribution >= 4 is 11.9 Å². The van der Waals surface area contributed by atoms with E-state index in [1.807, 2.05) is 0 Å². The molecule has 0 radical (unpaired) electrons. The van der Waals surface area contributed by atoms with Crippen LogP contribution in [0, 0.1) is 5.92 Å². The highest BCUT2D eigenvalue weighted by Crippen LogP contribution is 2.19. The minimum Gasteiger partial charge on any atom is -0.481 e. The molecule has 0 aromatic carbocycles. The molecule has 1 aliphatic rings. The summed E-state index contributed by atoms with van der Waals surface area (Å²) in [4.78, 5) is 21.2. The summed E-state index contributed by atoms with van der Waals surface area (Å²) in [6.07, 6.45) is 3.21. The molecular formula is C9H15NO3. The summed E-state index contributed by atoms with van der Waals surface area (Å²) in [6, 6.07) is 0. The molecule has 0 saturated carbocycles. The first-order chi connectivity index (χ1) is 6.18. The minimum atomic E-state index is -0.747. The molecule has 0 unspecified atom stereocenters. The number of carbonyl (C=O) groups is 2. The van der Waals surface area contributed by atoms with Crippen LogP contribution >= 0.6 is 0 Å². The molecular weight excluding hydrogens is 170 g/mol. The zero-order valence-corrected chi connectivity index (χ0v) is 7.58. The summed E-state index contributed by atoms with van der Waals surface area (Å²) in [5.74, 6) is -0.253. The molecule has 2 N–H and O–H groups in total. The van der Waals surface area contributed by atoms with Crippen LogP contribution in [0.5, 0.6) is 0 Å². The first-order valence-electron chi connectivity index (χ1n) is 4.67. The Labute approximate surface area is 77.3 Å². The summed E-state index contributed by atoms with van der Waals surface area (Å²) in [6.45, 7) is 0.698. The maximum atomic E-state index is 10.9. The molecule has 1 rings (SSSR count). The lowest BCUT2D eigenvalue weighted by molar-refractivity contribution is -0.137. The summed E-state index contributed by atoms with van der Waals surface area (Å²) in [5, 5.41) is 11.3. The first kappa shape index (κ1) is 10.0. The van der Waals surface area contributed by atoms with Crippen LogP contribution in [0.1, 0.15) is 32.1 Å². The second-order valence-corrected chi connectivity index (χ2v) is 3.48. The van der Waals surface area contributed by atoms with Gasteiger partial charge in [0, 0.05) is 19.4 Å². The van der Waals surface area contributed by atoms with Gasteiger partial charge in [-0.1, -0.05) is 0 Å². The fourth-order valence-corrected chi connectivity index (χ4v) is 1.60. The van der Waals surface area contributed by atoms with Crippen molar-refractivity contribution < 1.29 is 14.7 Å². The van der Waals surface area contributed by atoms with Crippen LogP contribution in [-0.2, 0) is 9.59 Å². The molecule has 1 heterocycles. The van der Waals surface area contributed by atoms with Crippen molar-refractivity contribution in [2.75, 3.05) is 6.54 Å². The molecule has 1 amide bonds. The number of hydrogen-bond acceptors (Lipinski definition) is 2. The number of nitrogens with one attached hydrogen (secondary N) is 1. The normalized spacial score (nSPS) is 23.4. The summed E-state index contributed by atoms with van der Waals surface area (Å²) in [7, 11) is 0. The van der Waals surface area contributed by atoms with E-state index < -0.39 is 5.97 Å². The molecule has 1 atom stereocenters. The molecule has 1 saturated heterocycles. The van der Waals surface area contributed by atoms with Gasteiger partial charge in [-0.15, -0.1) is 0 Å². The molecule has 0 aromatic rings. The van der Waals surface area contributed by atoms with Crippen molar-refractivity contribution in [3.05, 3.63) is 0 Å². The molecule has 1 aliphatic heterocycles. The maximum absolute atomic E-state index is 10.9. The Kier molecular flexibility index (Phi) is 3.73. The molecule has 13 heavy (non-hydrogen) atoms. The van der Waals surface area contributed by atoms with Crippen LogP contribution in [-0.4, -0.2) is 23.5 Å². The first-order valence-corrected chi connectivity index (χ1v) is 4.67. The second kappa shape index (κ2) is 4.84. The van der Waals surface area contributed by atoms with E-state index in [-0.39, 0.29) is 12.3 Å². The zero-order valence-electron chi connectivity index (χ0n) is 7.58. The van der Waals surface area contributed by atoms with E-state index in [4.69, 9.17) is 5.11 Å². The average Bonchev–Trinajstić information content (AvgIpc) is 2.27. The number of aliphatic carboxylic acids is 1. The van der Waals surface area contributed by atoms with Crippen molar-refractivity contribution in [1.29, 1.82) is 0 Å². The largest absolute Gasteiger partial charge is 0.481 e. The molecule has 0 aliphatic carbocycles. The average molecular weight is 185 g/mol. The quantitative estimate of drug-likeness (QED) is 0.682. The Hall–Kier alpha value is -1.06. The Morgan fingerprint density at radius 3 is 3.00 bits per heavy atom. The van der Waals surface area contributed by atoms with E-state index >= 15 is 0 Å². The van der Waals surface area contributed by atoms with Gasteiger partial charge in [-0.25, -0.2) is 0 Å². The number of carboxylic acid groups (broad SMARTS) is 1. The van der Waals surface area contributed by atoms with Gasteiger partial charge in [0.2, 0.25) is 5.91 Å². The fourth-order valence-electron chi connectivity index (χ4n) is 1.60. The van der Waals surface area contributed by atoms with Crippen LogP contribution in [0.15, 0.2) is 0 Å². The van der Waals surface area contributed by atoms with Crippen LogP contribution in [0.3, 0.4) is 0 Å². The van der Waals surface area contributed by atoms with Gasteiger partial charge >= 0.3 is 5.97 Å². The third-order valence-electron chi connectivity index (χ3n) is 2.42. The highest BCUT2D eigenvalue weighted by atomic mass is 16.4.